The molecule has 2 aromatic rings. The number of nitrogens with zero attached hydrogens (tertiary/aromatic N) is 1. The number of rotatable bonds is 4. The van der Waals surface area contributed by atoms with E-state index in [-0.39, 0.29) is 16.2 Å². The summed E-state index contributed by atoms with van der Waals surface area (Å²) in [5.41, 5.74) is 0.930. The van der Waals surface area contributed by atoms with Crippen molar-refractivity contribution < 1.29 is 9.18 Å². The Hall–Kier alpha value is -1.24. The largest absolute Gasteiger partial charge is 0.310 e. The Morgan fingerprint density at radius 2 is 2.13 bits per heavy atom. The second kappa shape index (κ2) is 7.56. The number of halogens is 3. The van der Waals surface area contributed by atoms with Crippen LogP contribution in [-0.4, -0.2) is 18.7 Å². The number of amides is 1. The topological polar surface area (TPSA) is 42.0 Å². The smallest absolute Gasteiger partial charge is 0.222 e. The van der Waals surface area contributed by atoms with E-state index in [1.54, 1.807) is 6.07 Å². The van der Waals surface area contributed by atoms with E-state index in [1.165, 1.54) is 37.0 Å². The highest BCUT2D eigenvalue weighted by Gasteiger charge is 2.20. The number of pyridine rings is 1. The summed E-state index contributed by atoms with van der Waals surface area (Å²) in [7, 11) is 5.76. The normalized spacial score (nSPS) is 12.0. The summed E-state index contributed by atoms with van der Waals surface area (Å²) < 4.78 is 13.7. The van der Waals surface area contributed by atoms with Crippen LogP contribution in [0.15, 0.2) is 29.3 Å². The summed E-state index contributed by atoms with van der Waals surface area (Å²) in [6.45, 7) is 3.22. The van der Waals surface area contributed by atoms with E-state index in [9.17, 15) is 9.18 Å². The molecule has 2 rings (SSSR count). The quantitative estimate of drug-likeness (QED) is 0.501. The first-order valence-corrected chi connectivity index (χ1v) is 8.26. The summed E-state index contributed by atoms with van der Waals surface area (Å²) >= 11 is 13.5. The van der Waals surface area contributed by atoms with Crippen molar-refractivity contribution >= 4 is 60.0 Å². The summed E-state index contributed by atoms with van der Waals surface area (Å²) in [6, 6.07) is 4.36. The van der Waals surface area contributed by atoms with Gasteiger partial charge < -0.3 is 5.32 Å². The van der Waals surface area contributed by atoms with E-state index in [0.29, 0.717) is 26.8 Å². The van der Waals surface area contributed by atoms with Crippen molar-refractivity contribution in [2.75, 3.05) is 5.32 Å². The average Bonchev–Trinajstić information content (AvgIpc) is 2.46. The molecule has 0 aliphatic carbocycles. The monoisotopic (exact) mass is 368 g/mol. The lowest BCUT2D eigenvalue weighted by molar-refractivity contribution is -0.114. The molecule has 0 spiro atoms. The summed E-state index contributed by atoms with van der Waals surface area (Å²) in [5, 5.41) is 2.71. The van der Waals surface area contributed by atoms with Gasteiger partial charge in [0.25, 0.3) is 0 Å². The lowest BCUT2D eigenvalue weighted by atomic mass is 9.99. The molecule has 0 aliphatic heterocycles. The molecule has 1 aromatic heterocycles. The first kappa shape index (κ1) is 18.1. The van der Waals surface area contributed by atoms with Gasteiger partial charge >= 0.3 is 0 Å². The zero-order valence-corrected chi connectivity index (χ0v) is 14.7. The number of carbonyl (C=O) groups is 1. The molecule has 23 heavy (non-hydrogen) atoms. The van der Waals surface area contributed by atoms with Gasteiger partial charge in [0.1, 0.15) is 19.5 Å². The van der Waals surface area contributed by atoms with Gasteiger partial charge in [-0.15, -0.1) is 11.8 Å². The number of thioether (sulfide) groups is 1. The van der Waals surface area contributed by atoms with E-state index in [0.717, 1.165) is 0 Å². The number of aromatic nitrogens is 1. The fourth-order valence-electron chi connectivity index (χ4n) is 1.97. The van der Waals surface area contributed by atoms with E-state index < -0.39 is 5.82 Å². The first-order chi connectivity index (χ1) is 10.8. The Morgan fingerprint density at radius 1 is 1.43 bits per heavy atom. The van der Waals surface area contributed by atoms with Gasteiger partial charge in [-0.3, -0.25) is 4.79 Å². The predicted octanol–water partition coefficient (Wildman–Crippen LogP) is 4.13. The van der Waals surface area contributed by atoms with Crippen molar-refractivity contribution in [3.8, 4) is 0 Å². The molecular formula is C15H12BCl2FN2OS. The molecule has 1 atom stereocenters. The van der Waals surface area contributed by atoms with Crippen molar-refractivity contribution in [2.24, 2.45) is 0 Å². The zero-order valence-electron chi connectivity index (χ0n) is 12.4. The van der Waals surface area contributed by atoms with Gasteiger partial charge in [0, 0.05) is 29.0 Å². The van der Waals surface area contributed by atoms with Gasteiger partial charge in [-0.2, -0.15) is 0 Å². The minimum Gasteiger partial charge on any atom is -0.310 e. The Morgan fingerprint density at radius 3 is 2.78 bits per heavy atom. The molecule has 1 aromatic carbocycles. The van der Waals surface area contributed by atoms with Gasteiger partial charge in [-0.05, 0) is 19.1 Å². The van der Waals surface area contributed by atoms with Crippen LogP contribution in [0.3, 0.4) is 0 Å². The molecule has 0 saturated heterocycles. The van der Waals surface area contributed by atoms with Crippen LogP contribution in [0.25, 0.3) is 0 Å². The number of nitrogens with one attached hydrogen (secondary N) is 1. The molecule has 1 heterocycles. The minimum atomic E-state index is -0.536. The second-order valence-corrected chi connectivity index (χ2v) is 6.98. The molecule has 1 unspecified atom stereocenters. The van der Waals surface area contributed by atoms with Crippen LogP contribution in [0.2, 0.25) is 10.0 Å². The van der Waals surface area contributed by atoms with Crippen molar-refractivity contribution in [3.05, 3.63) is 45.8 Å². The fraction of sp³-hybridized carbons (Fsp3) is 0.200. The number of hydrogen-bond donors (Lipinski definition) is 1. The van der Waals surface area contributed by atoms with Crippen LogP contribution < -0.4 is 10.8 Å². The third-order valence-corrected chi connectivity index (χ3v) is 4.83. The molecule has 1 amide bonds. The van der Waals surface area contributed by atoms with Gasteiger partial charge in [-0.1, -0.05) is 34.7 Å². The van der Waals surface area contributed by atoms with Gasteiger partial charge in [-0.25, -0.2) is 9.37 Å². The third-order valence-electron chi connectivity index (χ3n) is 2.96. The molecule has 0 aliphatic rings. The molecular weight excluding hydrogens is 357 g/mol. The van der Waals surface area contributed by atoms with Crippen molar-refractivity contribution in [1.29, 1.82) is 0 Å². The molecule has 0 fully saturated rings. The van der Waals surface area contributed by atoms with Crippen molar-refractivity contribution in [3.63, 3.8) is 0 Å². The van der Waals surface area contributed by atoms with E-state index in [4.69, 9.17) is 31.0 Å². The fourth-order valence-corrected chi connectivity index (χ4v) is 3.97. The molecule has 1 N–H and O–H groups in total. The highest BCUT2D eigenvalue weighted by atomic mass is 35.5. The van der Waals surface area contributed by atoms with Gasteiger partial charge in [0.05, 0.1) is 9.92 Å². The lowest BCUT2D eigenvalue weighted by Gasteiger charge is -2.17. The van der Waals surface area contributed by atoms with Crippen LogP contribution in [0.1, 0.15) is 24.7 Å². The Labute approximate surface area is 149 Å². The summed E-state index contributed by atoms with van der Waals surface area (Å²) in [5.74, 6) is -0.405. The summed E-state index contributed by atoms with van der Waals surface area (Å²) in [6.07, 6.45) is 1.45. The van der Waals surface area contributed by atoms with Gasteiger partial charge in [0.15, 0.2) is 0 Å². The maximum Gasteiger partial charge on any atom is 0.222 e. The number of anilines is 1. The van der Waals surface area contributed by atoms with E-state index in [1.807, 2.05) is 6.92 Å². The highest BCUT2D eigenvalue weighted by Crippen LogP contribution is 2.43. The van der Waals surface area contributed by atoms with Crippen LogP contribution in [0, 0.1) is 5.82 Å². The van der Waals surface area contributed by atoms with Crippen molar-refractivity contribution in [2.45, 2.75) is 24.0 Å². The molecule has 2 radical (unpaired) electrons. The Balaban J connectivity index is 2.37. The minimum absolute atomic E-state index is 0.0181. The second-order valence-electron chi connectivity index (χ2n) is 4.81. The molecule has 3 nitrogen and oxygen atoms in total. The van der Waals surface area contributed by atoms with Gasteiger partial charge in [0.2, 0.25) is 5.91 Å². The Bertz CT molecular complexity index is 760. The number of hydrogen-bond acceptors (Lipinski definition) is 3. The van der Waals surface area contributed by atoms with Crippen molar-refractivity contribution in [1.82, 2.24) is 4.98 Å². The number of carbonyl (C=O) groups excluding carboxylic acids is 1. The Kier molecular flexibility index (Phi) is 5.95. The van der Waals surface area contributed by atoms with Crippen LogP contribution in [-0.2, 0) is 4.79 Å². The van der Waals surface area contributed by atoms with Crippen LogP contribution in [0.5, 0.6) is 0 Å². The zero-order chi connectivity index (χ0) is 17.1. The average molecular weight is 369 g/mol. The number of benzene rings is 1. The highest BCUT2D eigenvalue weighted by molar-refractivity contribution is 7.99. The standard InChI is InChI=1S/C15H12BCl2FN2OS/c1-7(13-10(17)3-4-11(19)14(13)18)23-12-5-9(16)6-20-15(12)21-8(2)22/h3-7H,1-2H3,(H,20,21,22). The molecule has 8 heteroatoms. The summed E-state index contributed by atoms with van der Waals surface area (Å²) in [4.78, 5) is 16.0. The maximum absolute atomic E-state index is 13.7. The SMILES string of the molecule is [B]c1cnc(NC(C)=O)c(SC(C)c2c(Cl)ccc(F)c2Cl)c1. The van der Waals surface area contributed by atoms with Crippen LogP contribution >= 0.6 is 35.0 Å². The molecule has 118 valence electrons. The molecule has 0 saturated carbocycles. The van der Waals surface area contributed by atoms with Crippen LogP contribution in [0.4, 0.5) is 10.2 Å². The van der Waals surface area contributed by atoms with E-state index in [2.05, 4.69) is 10.3 Å². The molecule has 0 bridgehead atoms. The predicted molar refractivity (Wildman–Crippen MR) is 94.6 cm³/mol. The van der Waals surface area contributed by atoms with E-state index >= 15 is 0 Å². The third kappa shape index (κ3) is 4.40. The first-order valence-electron chi connectivity index (χ1n) is 6.62. The lowest BCUT2D eigenvalue weighted by Crippen LogP contribution is -2.12. The maximum atomic E-state index is 13.7.